The molecule has 1 atom stereocenters. The molecule has 1 fully saturated rings. The van der Waals surface area contributed by atoms with Gasteiger partial charge in [0.25, 0.3) is 0 Å². The van der Waals surface area contributed by atoms with E-state index in [1.54, 1.807) is 0 Å². The normalized spacial score (nSPS) is 18.0. The van der Waals surface area contributed by atoms with Gasteiger partial charge >= 0.3 is 0 Å². The van der Waals surface area contributed by atoms with Crippen molar-refractivity contribution in [2.45, 2.75) is 33.2 Å². The smallest absolute Gasteiger partial charge is 0.173 e. The first-order chi connectivity index (χ1) is 11.1. The standard InChI is InChI=1S/C18H24N4S/c1-14-6-5-9-21(11-14)18(23)20-17-10-19-22(13-17)12-16-8-4-3-7-15(16)2/h3-4,7-8,10,13-14H,5-6,9,11-12H2,1-2H3,(H,20,23)/t14-/m0/s1. The highest BCUT2D eigenvalue weighted by Gasteiger charge is 2.18. The molecule has 0 aliphatic carbocycles. The van der Waals surface area contributed by atoms with E-state index in [1.807, 2.05) is 17.1 Å². The summed E-state index contributed by atoms with van der Waals surface area (Å²) >= 11 is 5.55. The maximum absolute atomic E-state index is 5.55. The lowest BCUT2D eigenvalue weighted by molar-refractivity contribution is 0.276. The van der Waals surface area contributed by atoms with Crippen LogP contribution in [0.3, 0.4) is 0 Å². The van der Waals surface area contributed by atoms with Crippen molar-refractivity contribution in [3.8, 4) is 0 Å². The van der Waals surface area contributed by atoms with E-state index in [1.165, 1.54) is 24.0 Å². The van der Waals surface area contributed by atoms with Gasteiger partial charge in [-0.1, -0.05) is 31.2 Å². The Morgan fingerprint density at radius 2 is 2.22 bits per heavy atom. The van der Waals surface area contributed by atoms with Crippen LogP contribution in [0.15, 0.2) is 36.7 Å². The van der Waals surface area contributed by atoms with Crippen LogP contribution in [0.5, 0.6) is 0 Å². The van der Waals surface area contributed by atoms with Gasteiger partial charge < -0.3 is 10.2 Å². The van der Waals surface area contributed by atoms with Crippen molar-refractivity contribution in [3.05, 3.63) is 47.8 Å². The molecule has 1 aliphatic heterocycles. The van der Waals surface area contributed by atoms with Crippen LogP contribution >= 0.6 is 12.2 Å². The number of rotatable bonds is 3. The fourth-order valence-electron chi connectivity index (χ4n) is 3.05. The highest BCUT2D eigenvalue weighted by atomic mass is 32.1. The molecule has 1 aromatic heterocycles. The molecular weight excluding hydrogens is 304 g/mol. The first kappa shape index (κ1) is 16.0. The highest BCUT2D eigenvalue weighted by Crippen LogP contribution is 2.17. The molecule has 1 aliphatic rings. The number of hydrogen-bond donors (Lipinski definition) is 1. The van der Waals surface area contributed by atoms with E-state index >= 15 is 0 Å². The molecule has 5 heteroatoms. The molecule has 2 aromatic rings. The van der Waals surface area contributed by atoms with Gasteiger partial charge in [-0.2, -0.15) is 5.10 Å². The Bertz CT molecular complexity index is 679. The van der Waals surface area contributed by atoms with Crippen LogP contribution < -0.4 is 5.32 Å². The van der Waals surface area contributed by atoms with Crippen LogP contribution in [0.2, 0.25) is 0 Å². The number of piperidine rings is 1. The van der Waals surface area contributed by atoms with E-state index in [2.05, 4.69) is 53.4 Å². The molecular formula is C18H24N4S. The quantitative estimate of drug-likeness (QED) is 0.872. The summed E-state index contributed by atoms with van der Waals surface area (Å²) in [5.74, 6) is 0.715. The molecule has 122 valence electrons. The van der Waals surface area contributed by atoms with Crippen LogP contribution in [-0.4, -0.2) is 32.9 Å². The summed E-state index contributed by atoms with van der Waals surface area (Å²) in [5, 5.41) is 8.58. The van der Waals surface area contributed by atoms with Gasteiger partial charge in [0.15, 0.2) is 5.11 Å². The largest absolute Gasteiger partial charge is 0.349 e. The number of anilines is 1. The first-order valence-corrected chi connectivity index (χ1v) is 8.65. The van der Waals surface area contributed by atoms with Crippen LogP contribution in [0.25, 0.3) is 0 Å². The van der Waals surface area contributed by atoms with E-state index in [0.29, 0.717) is 5.92 Å². The summed E-state index contributed by atoms with van der Waals surface area (Å²) in [6.07, 6.45) is 6.38. The average Bonchev–Trinajstić information content (AvgIpc) is 2.97. The van der Waals surface area contributed by atoms with E-state index in [0.717, 1.165) is 30.4 Å². The molecule has 1 aromatic carbocycles. The summed E-state index contributed by atoms with van der Waals surface area (Å²) in [7, 11) is 0. The third-order valence-electron chi connectivity index (χ3n) is 4.42. The molecule has 0 radical (unpaired) electrons. The summed E-state index contributed by atoms with van der Waals surface area (Å²) in [4.78, 5) is 2.27. The summed E-state index contributed by atoms with van der Waals surface area (Å²) in [6, 6.07) is 8.40. The number of aryl methyl sites for hydroxylation is 1. The number of hydrogen-bond acceptors (Lipinski definition) is 2. The Balaban J connectivity index is 1.61. The Kier molecular flexibility index (Phi) is 4.96. The Morgan fingerprint density at radius 3 is 3.00 bits per heavy atom. The van der Waals surface area contributed by atoms with Gasteiger partial charge in [-0.25, -0.2) is 0 Å². The van der Waals surface area contributed by atoms with Crippen molar-refractivity contribution < 1.29 is 0 Å². The van der Waals surface area contributed by atoms with Crippen molar-refractivity contribution in [3.63, 3.8) is 0 Å². The van der Waals surface area contributed by atoms with Crippen LogP contribution in [0.4, 0.5) is 5.69 Å². The number of nitrogens with zero attached hydrogens (tertiary/aromatic N) is 3. The predicted octanol–water partition coefficient (Wildman–Crippen LogP) is 3.67. The summed E-state index contributed by atoms with van der Waals surface area (Å²) in [5.41, 5.74) is 3.53. The Hall–Kier alpha value is -1.88. The van der Waals surface area contributed by atoms with Crippen LogP contribution in [0, 0.1) is 12.8 Å². The second kappa shape index (κ2) is 7.13. The molecule has 0 bridgehead atoms. The Morgan fingerprint density at radius 1 is 1.39 bits per heavy atom. The molecule has 2 heterocycles. The van der Waals surface area contributed by atoms with Crippen molar-refractivity contribution in [2.75, 3.05) is 18.4 Å². The van der Waals surface area contributed by atoms with E-state index in [9.17, 15) is 0 Å². The lowest BCUT2D eigenvalue weighted by Crippen LogP contribution is -2.41. The minimum Gasteiger partial charge on any atom is -0.349 e. The molecule has 0 amide bonds. The van der Waals surface area contributed by atoms with Gasteiger partial charge in [-0.05, 0) is 49.0 Å². The van der Waals surface area contributed by atoms with Crippen LogP contribution in [0.1, 0.15) is 30.9 Å². The van der Waals surface area contributed by atoms with Gasteiger partial charge in [-0.3, -0.25) is 4.68 Å². The minimum absolute atomic E-state index is 0.715. The molecule has 0 spiro atoms. The first-order valence-electron chi connectivity index (χ1n) is 8.24. The number of aromatic nitrogens is 2. The zero-order valence-corrected chi connectivity index (χ0v) is 14.6. The topological polar surface area (TPSA) is 33.1 Å². The monoisotopic (exact) mass is 328 g/mol. The molecule has 4 nitrogen and oxygen atoms in total. The van der Waals surface area contributed by atoms with Crippen LogP contribution in [-0.2, 0) is 6.54 Å². The second-order valence-electron chi connectivity index (χ2n) is 6.48. The van der Waals surface area contributed by atoms with E-state index < -0.39 is 0 Å². The average molecular weight is 328 g/mol. The molecule has 3 rings (SSSR count). The van der Waals surface area contributed by atoms with Crippen molar-refractivity contribution in [1.82, 2.24) is 14.7 Å². The molecule has 23 heavy (non-hydrogen) atoms. The third kappa shape index (κ3) is 4.10. The number of benzene rings is 1. The zero-order chi connectivity index (χ0) is 16.2. The third-order valence-corrected chi connectivity index (χ3v) is 4.78. The fourth-order valence-corrected chi connectivity index (χ4v) is 3.34. The maximum Gasteiger partial charge on any atom is 0.173 e. The summed E-state index contributed by atoms with van der Waals surface area (Å²) in [6.45, 7) is 7.29. The highest BCUT2D eigenvalue weighted by molar-refractivity contribution is 7.80. The fraction of sp³-hybridized carbons (Fsp3) is 0.444. The number of thiocarbonyl (C=S) groups is 1. The maximum atomic E-state index is 5.55. The summed E-state index contributed by atoms with van der Waals surface area (Å²) < 4.78 is 1.95. The van der Waals surface area contributed by atoms with Gasteiger partial charge in [-0.15, -0.1) is 0 Å². The second-order valence-corrected chi connectivity index (χ2v) is 6.86. The number of nitrogens with one attached hydrogen (secondary N) is 1. The molecule has 1 saturated heterocycles. The molecule has 1 N–H and O–H groups in total. The van der Waals surface area contributed by atoms with Crippen molar-refractivity contribution in [1.29, 1.82) is 0 Å². The Labute approximate surface area is 143 Å². The predicted molar refractivity (Wildman–Crippen MR) is 98.7 cm³/mol. The van der Waals surface area contributed by atoms with E-state index in [-0.39, 0.29) is 0 Å². The molecule has 0 saturated carbocycles. The lowest BCUT2D eigenvalue weighted by atomic mass is 10.0. The zero-order valence-electron chi connectivity index (χ0n) is 13.8. The molecule has 0 unspecified atom stereocenters. The minimum atomic E-state index is 0.715. The van der Waals surface area contributed by atoms with E-state index in [4.69, 9.17) is 12.2 Å². The van der Waals surface area contributed by atoms with Crippen molar-refractivity contribution >= 4 is 23.0 Å². The van der Waals surface area contributed by atoms with Crippen molar-refractivity contribution in [2.24, 2.45) is 5.92 Å². The van der Waals surface area contributed by atoms with Gasteiger partial charge in [0.2, 0.25) is 0 Å². The number of likely N-dealkylation sites (tertiary alicyclic amines) is 1. The SMILES string of the molecule is Cc1ccccc1Cn1cc(NC(=S)N2CCC[C@H](C)C2)cn1. The van der Waals surface area contributed by atoms with Gasteiger partial charge in [0, 0.05) is 19.3 Å². The lowest BCUT2D eigenvalue weighted by Gasteiger charge is -2.32. The van der Waals surface area contributed by atoms with Gasteiger partial charge in [0.1, 0.15) is 0 Å². The van der Waals surface area contributed by atoms with Gasteiger partial charge in [0.05, 0.1) is 18.4 Å².